The van der Waals surface area contributed by atoms with E-state index in [1.165, 1.54) is 4.90 Å². The normalized spacial score (nSPS) is 24.3. The molecule has 1 aromatic carbocycles. The van der Waals surface area contributed by atoms with Gasteiger partial charge in [-0.3, -0.25) is 0 Å². The number of carbonyl (C=O) groups excluding carboxylic acids is 1. The molecule has 0 saturated carbocycles. The minimum atomic E-state index is -1.49. The van der Waals surface area contributed by atoms with Crippen LogP contribution in [0.5, 0.6) is 0 Å². The third-order valence-corrected chi connectivity index (χ3v) is 3.53. The zero-order chi connectivity index (χ0) is 13.9. The minimum Gasteiger partial charge on any atom is -0.445 e. The van der Waals surface area contributed by atoms with Crippen LogP contribution in [0, 0.1) is 0 Å². The second-order valence-corrected chi connectivity index (χ2v) is 5.04. The lowest BCUT2D eigenvalue weighted by atomic mass is 9.98. The van der Waals surface area contributed by atoms with Gasteiger partial charge in [0.2, 0.25) is 0 Å². The van der Waals surface area contributed by atoms with E-state index in [4.69, 9.17) is 10.5 Å². The summed E-state index contributed by atoms with van der Waals surface area (Å²) in [7, 11) is 0. The van der Waals surface area contributed by atoms with E-state index in [9.17, 15) is 9.18 Å². The predicted octanol–water partition coefficient (Wildman–Crippen LogP) is 2.08. The average molecular weight is 266 g/mol. The van der Waals surface area contributed by atoms with Crippen LogP contribution in [-0.2, 0) is 11.3 Å². The smallest absolute Gasteiger partial charge is 0.410 e. The lowest BCUT2D eigenvalue weighted by molar-refractivity contribution is 0.0897. The maximum Gasteiger partial charge on any atom is 0.410 e. The highest BCUT2D eigenvalue weighted by molar-refractivity contribution is 5.68. The Hall–Kier alpha value is -1.62. The van der Waals surface area contributed by atoms with E-state index >= 15 is 0 Å². The molecule has 2 unspecified atom stereocenters. The van der Waals surface area contributed by atoms with Crippen molar-refractivity contribution in [1.29, 1.82) is 0 Å². The zero-order valence-corrected chi connectivity index (χ0v) is 11.0. The summed E-state index contributed by atoms with van der Waals surface area (Å²) >= 11 is 0. The highest BCUT2D eigenvalue weighted by Gasteiger charge is 2.43. The van der Waals surface area contributed by atoms with Gasteiger partial charge in [0, 0.05) is 19.0 Å². The van der Waals surface area contributed by atoms with Gasteiger partial charge in [-0.15, -0.1) is 0 Å². The molecule has 1 fully saturated rings. The number of alkyl halides is 1. The van der Waals surface area contributed by atoms with Crippen LogP contribution in [0.4, 0.5) is 9.18 Å². The average Bonchev–Trinajstić information content (AvgIpc) is 2.81. The molecule has 1 aliphatic rings. The van der Waals surface area contributed by atoms with E-state index in [0.717, 1.165) is 5.56 Å². The summed E-state index contributed by atoms with van der Waals surface area (Å²) in [6, 6.07) is 8.81. The molecule has 5 heteroatoms. The Balaban J connectivity index is 1.85. The Morgan fingerprint density at radius 2 is 2.21 bits per heavy atom. The van der Waals surface area contributed by atoms with Crippen LogP contribution in [0.15, 0.2) is 30.3 Å². The number of ether oxygens (including phenoxy) is 1. The molecule has 2 rings (SSSR count). The highest BCUT2D eigenvalue weighted by atomic mass is 19.1. The van der Waals surface area contributed by atoms with Crippen molar-refractivity contribution in [2.45, 2.75) is 31.7 Å². The molecule has 1 heterocycles. The standard InChI is InChI=1S/C14H19FN2O2/c1-11(16)14(15)7-8-17(10-14)13(18)19-9-12-5-3-2-4-6-12/h2-6,11H,7-10,16H2,1H3. The molecule has 0 radical (unpaired) electrons. The van der Waals surface area contributed by atoms with Gasteiger partial charge >= 0.3 is 6.09 Å². The molecule has 1 aliphatic heterocycles. The first kappa shape index (κ1) is 13.8. The van der Waals surface area contributed by atoms with Crippen molar-refractivity contribution in [3.8, 4) is 0 Å². The zero-order valence-electron chi connectivity index (χ0n) is 11.0. The number of amides is 1. The van der Waals surface area contributed by atoms with Crippen LogP contribution in [0.25, 0.3) is 0 Å². The Labute approximate surface area is 112 Å². The van der Waals surface area contributed by atoms with Crippen molar-refractivity contribution < 1.29 is 13.9 Å². The quantitative estimate of drug-likeness (QED) is 0.911. The number of halogens is 1. The van der Waals surface area contributed by atoms with Crippen LogP contribution in [-0.4, -0.2) is 35.8 Å². The fraction of sp³-hybridized carbons (Fsp3) is 0.500. The van der Waals surface area contributed by atoms with Gasteiger partial charge in [-0.2, -0.15) is 0 Å². The number of nitrogens with two attached hydrogens (primary N) is 1. The number of rotatable bonds is 3. The molecule has 0 bridgehead atoms. The van der Waals surface area contributed by atoms with Crippen molar-refractivity contribution in [2.75, 3.05) is 13.1 Å². The molecule has 1 amide bonds. The van der Waals surface area contributed by atoms with Crippen molar-refractivity contribution in [2.24, 2.45) is 5.73 Å². The largest absolute Gasteiger partial charge is 0.445 e. The molecule has 0 aliphatic carbocycles. The summed E-state index contributed by atoms with van der Waals surface area (Å²) in [5.41, 5.74) is 5.02. The first-order chi connectivity index (χ1) is 9.01. The summed E-state index contributed by atoms with van der Waals surface area (Å²) in [4.78, 5) is 13.2. The molecule has 19 heavy (non-hydrogen) atoms. The summed E-state index contributed by atoms with van der Waals surface area (Å²) in [6.07, 6.45) is -0.213. The van der Waals surface area contributed by atoms with Crippen LogP contribution in [0.3, 0.4) is 0 Å². The maximum absolute atomic E-state index is 14.2. The number of carbonyl (C=O) groups is 1. The van der Waals surface area contributed by atoms with E-state index in [1.54, 1.807) is 6.92 Å². The molecule has 2 N–H and O–H groups in total. The van der Waals surface area contributed by atoms with Gasteiger partial charge in [-0.1, -0.05) is 30.3 Å². The molecule has 4 nitrogen and oxygen atoms in total. The second kappa shape index (κ2) is 5.57. The topological polar surface area (TPSA) is 55.6 Å². The Kier molecular flexibility index (Phi) is 4.04. The third-order valence-electron chi connectivity index (χ3n) is 3.53. The summed E-state index contributed by atoms with van der Waals surface area (Å²) in [5.74, 6) is 0. The Bertz CT molecular complexity index is 438. The Morgan fingerprint density at radius 3 is 2.79 bits per heavy atom. The lowest BCUT2D eigenvalue weighted by Gasteiger charge is -2.24. The second-order valence-electron chi connectivity index (χ2n) is 5.04. The maximum atomic E-state index is 14.2. The van der Waals surface area contributed by atoms with Crippen LogP contribution >= 0.6 is 0 Å². The van der Waals surface area contributed by atoms with Gasteiger partial charge in [-0.25, -0.2) is 9.18 Å². The number of nitrogens with zero attached hydrogens (tertiary/aromatic N) is 1. The summed E-state index contributed by atoms with van der Waals surface area (Å²) in [6.45, 7) is 2.19. The number of benzene rings is 1. The molecule has 1 saturated heterocycles. The van der Waals surface area contributed by atoms with Gasteiger partial charge in [0.1, 0.15) is 12.3 Å². The van der Waals surface area contributed by atoms with E-state index in [-0.39, 0.29) is 19.6 Å². The van der Waals surface area contributed by atoms with Crippen LogP contribution in [0.1, 0.15) is 18.9 Å². The summed E-state index contributed by atoms with van der Waals surface area (Å²) < 4.78 is 19.4. The molecule has 0 aromatic heterocycles. The van der Waals surface area contributed by atoms with Crippen LogP contribution < -0.4 is 5.73 Å². The van der Waals surface area contributed by atoms with Gasteiger partial charge in [0.15, 0.2) is 0 Å². The fourth-order valence-electron chi connectivity index (χ4n) is 2.13. The Morgan fingerprint density at radius 1 is 1.53 bits per heavy atom. The van der Waals surface area contributed by atoms with Crippen molar-refractivity contribution in [3.63, 3.8) is 0 Å². The van der Waals surface area contributed by atoms with Crippen molar-refractivity contribution in [3.05, 3.63) is 35.9 Å². The van der Waals surface area contributed by atoms with Crippen molar-refractivity contribution >= 4 is 6.09 Å². The fourth-order valence-corrected chi connectivity index (χ4v) is 2.13. The monoisotopic (exact) mass is 266 g/mol. The third kappa shape index (κ3) is 3.23. The first-order valence-corrected chi connectivity index (χ1v) is 6.41. The number of hydrogen-bond acceptors (Lipinski definition) is 3. The SMILES string of the molecule is CC(N)C1(F)CCN(C(=O)OCc2ccccc2)C1. The predicted molar refractivity (Wildman–Crippen MR) is 70.3 cm³/mol. The molecule has 0 spiro atoms. The van der Waals surface area contributed by atoms with E-state index in [2.05, 4.69) is 0 Å². The molecular formula is C14H19FN2O2. The highest BCUT2D eigenvalue weighted by Crippen LogP contribution is 2.28. The molecule has 104 valence electrons. The van der Waals surface area contributed by atoms with Gasteiger partial charge in [0.05, 0.1) is 6.54 Å². The number of likely N-dealkylation sites (tertiary alicyclic amines) is 1. The summed E-state index contributed by atoms with van der Waals surface area (Å²) in [5, 5.41) is 0. The van der Waals surface area contributed by atoms with Gasteiger partial charge in [0.25, 0.3) is 0 Å². The molecule has 1 aromatic rings. The first-order valence-electron chi connectivity index (χ1n) is 6.41. The van der Waals surface area contributed by atoms with Gasteiger partial charge in [-0.05, 0) is 12.5 Å². The van der Waals surface area contributed by atoms with Crippen LogP contribution in [0.2, 0.25) is 0 Å². The molecule has 2 atom stereocenters. The van der Waals surface area contributed by atoms with Gasteiger partial charge < -0.3 is 15.4 Å². The number of hydrogen-bond donors (Lipinski definition) is 1. The van der Waals surface area contributed by atoms with E-state index < -0.39 is 17.8 Å². The van der Waals surface area contributed by atoms with Crippen molar-refractivity contribution in [1.82, 2.24) is 4.90 Å². The minimum absolute atomic E-state index is 0.0122. The lowest BCUT2D eigenvalue weighted by Crippen LogP contribution is -2.45. The van der Waals surface area contributed by atoms with E-state index in [1.807, 2.05) is 30.3 Å². The van der Waals surface area contributed by atoms with E-state index in [0.29, 0.717) is 6.54 Å². The molecular weight excluding hydrogens is 247 g/mol.